The van der Waals surface area contributed by atoms with Gasteiger partial charge in [-0.25, -0.2) is 0 Å². The number of hydrogen-bond acceptors (Lipinski definition) is 3. The van der Waals surface area contributed by atoms with Gasteiger partial charge in [0.15, 0.2) is 0 Å². The second-order valence-electron chi connectivity index (χ2n) is 5.96. The van der Waals surface area contributed by atoms with Crippen LogP contribution >= 0.6 is 11.6 Å². The first-order valence-corrected chi connectivity index (χ1v) is 7.89. The normalized spacial score (nSPS) is 19.8. The molecule has 2 N–H and O–H groups in total. The molecule has 1 unspecified atom stereocenters. The van der Waals surface area contributed by atoms with Crippen molar-refractivity contribution in [1.29, 1.82) is 0 Å². The van der Waals surface area contributed by atoms with E-state index < -0.39 is 0 Å². The van der Waals surface area contributed by atoms with Crippen molar-refractivity contribution >= 4 is 11.6 Å². The molecule has 1 aromatic carbocycles. The second kappa shape index (κ2) is 7.30. The summed E-state index contributed by atoms with van der Waals surface area (Å²) in [4.78, 5) is 2.46. The number of nitrogens with zero attached hydrogens (tertiary/aromatic N) is 1. The third kappa shape index (κ3) is 4.37. The van der Waals surface area contributed by atoms with Crippen LogP contribution in [0, 0.1) is 0 Å². The first-order valence-electron chi connectivity index (χ1n) is 7.51. The van der Waals surface area contributed by atoms with Crippen LogP contribution in [0.4, 0.5) is 0 Å². The summed E-state index contributed by atoms with van der Waals surface area (Å²) < 4.78 is 0. The average Bonchev–Trinajstić information content (AvgIpc) is 2.43. The Morgan fingerprint density at radius 1 is 1.40 bits per heavy atom. The lowest BCUT2D eigenvalue weighted by atomic mass is 10.0. The van der Waals surface area contributed by atoms with Crippen molar-refractivity contribution in [3.63, 3.8) is 0 Å². The highest BCUT2D eigenvalue weighted by Gasteiger charge is 2.19. The first-order chi connectivity index (χ1) is 9.56. The third-order valence-corrected chi connectivity index (χ3v) is 4.30. The van der Waals surface area contributed by atoms with Gasteiger partial charge in [0.25, 0.3) is 0 Å². The maximum Gasteiger partial charge on any atom is 0.134 e. The molecule has 1 aromatic rings. The summed E-state index contributed by atoms with van der Waals surface area (Å²) in [7, 11) is 0. The van der Waals surface area contributed by atoms with Crippen LogP contribution in [0.5, 0.6) is 5.75 Å². The van der Waals surface area contributed by atoms with Gasteiger partial charge in [-0.3, -0.25) is 4.90 Å². The highest BCUT2D eigenvalue weighted by Crippen LogP contribution is 2.24. The van der Waals surface area contributed by atoms with E-state index in [4.69, 9.17) is 11.6 Å². The molecule has 0 spiro atoms. The van der Waals surface area contributed by atoms with Crippen molar-refractivity contribution in [3.05, 3.63) is 28.8 Å². The summed E-state index contributed by atoms with van der Waals surface area (Å²) >= 11 is 5.99. The van der Waals surface area contributed by atoms with Gasteiger partial charge < -0.3 is 10.4 Å². The van der Waals surface area contributed by atoms with Gasteiger partial charge in [-0.1, -0.05) is 24.1 Å². The molecule has 1 atom stereocenters. The van der Waals surface area contributed by atoms with Crippen LogP contribution < -0.4 is 5.32 Å². The van der Waals surface area contributed by atoms with Crippen molar-refractivity contribution in [2.45, 2.75) is 51.7 Å². The lowest BCUT2D eigenvalue weighted by molar-refractivity contribution is 0.177. The molecule has 0 saturated carbocycles. The van der Waals surface area contributed by atoms with Crippen LogP contribution in [0.25, 0.3) is 0 Å². The molecule has 112 valence electrons. The van der Waals surface area contributed by atoms with Crippen LogP contribution in [0.3, 0.4) is 0 Å². The van der Waals surface area contributed by atoms with Crippen molar-refractivity contribution in [2.75, 3.05) is 13.1 Å². The zero-order valence-electron chi connectivity index (χ0n) is 12.4. The summed E-state index contributed by atoms with van der Waals surface area (Å²) in [5.74, 6) is 0.153. The number of piperidine rings is 1. The Hall–Kier alpha value is -0.770. The molecular formula is C16H25ClN2O. The number of benzene rings is 1. The Kier molecular flexibility index (Phi) is 5.70. The van der Waals surface area contributed by atoms with Crippen molar-refractivity contribution in [1.82, 2.24) is 10.2 Å². The van der Waals surface area contributed by atoms with Gasteiger partial charge in [0.05, 0.1) is 5.02 Å². The van der Waals surface area contributed by atoms with Gasteiger partial charge in [-0.05, 0) is 50.9 Å². The maximum atomic E-state index is 9.49. The molecule has 4 heteroatoms. The zero-order chi connectivity index (χ0) is 14.5. The lowest BCUT2D eigenvalue weighted by Gasteiger charge is -2.33. The predicted molar refractivity (Wildman–Crippen MR) is 84.3 cm³/mol. The van der Waals surface area contributed by atoms with Crippen LogP contribution in [0.2, 0.25) is 5.02 Å². The average molecular weight is 297 g/mol. The highest BCUT2D eigenvalue weighted by molar-refractivity contribution is 6.32. The summed E-state index contributed by atoms with van der Waals surface area (Å²) in [6, 6.07) is 6.57. The fourth-order valence-corrected chi connectivity index (χ4v) is 2.91. The Balaban J connectivity index is 1.99. The van der Waals surface area contributed by atoms with Gasteiger partial charge in [0, 0.05) is 25.2 Å². The summed E-state index contributed by atoms with van der Waals surface area (Å²) in [6.07, 6.45) is 3.89. The highest BCUT2D eigenvalue weighted by atomic mass is 35.5. The largest absolute Gasteiger partial charge is 0.506 e. The molecule has 2 rings (SSSR count). The Labute approximate surface area is 126 Å². The molecule has 3 nitrogen and oxygen atoms in total. The van der Waals surface area contributed by atoms with Crippen LogP contribution in [0.1, 0.15) is 38.7 Å². The van der Waals surface area contributed by atoms with E-state index in [2.05, 4.69) is 24.1 Å². The quantitative estimate of drug-likeness (QED) is 0.874. The number of phenolic OH excluding ortho intramolecular Hbond substituents is 1. The zero-order valence-corrected chi connectivity index (χ0v) is 13.2. The van der Waals surface area contributed by atoms with Crippen LogP contribution in [-0.2, 0) is 6.54 Å². The van der Waals surface area contributed by atoms with E-state index in [1.54, 1.807) is 6.07 Å². The fourth-order valence-electron chi connectivity index (χ4n) is 2.70. The number of aromatic hydroxyl groups is 1. The molecular weight excluding hydrogens is 272 g/mol. The number of halogens is 1. The van der Waals surface area contributed by atoms with E-state index in [1.165, 1.54) is 19.3 Å². The fraction of sp³-hybridized carbons (Fsp3) is 0.625. The topological polar surface area (TPSA) is 35.5 Å². The molecule has 1 heterocycles. The van der Waals surface area contributed by atoms with E-state index in [9.17, 15) is 5.11 Å². The molecule has 0 radical (unpaired) electrons. The Bertz CT molecular complexity index is 430. The molecule has 1 saturated heterocycles. The monoisotopic (exact) mass is 296 g/mol. The summed E-state index contributed by atoms with van der Waals surface area (Å²) in [5.41, 5.74) is 1.15. The Morgan fingerprint density at radius 2 is 2.20 bits per heavy atom. The van der Waals surface area contributed by atoms with E-state index in [0.29, 0.717) is 17.1 Å². The Morgan fingerprint density at radius 3 is 2.80 bits per heavy atom. The third-order valence-electron chi connectivity index (χ3n) is 4.00. The van der Waals surface area contributed by atoms with Crippen molar-refractivity contribution in [2.24, 2.45) is 0 Å². The van der Waals surface area contributed by atoms with E-state index >= 15 is 0 Å². The molecule has 1 fully saturated rings. The van der Waals surface area contributed by atoms with Gasteiger partial charge in [-0.2, -0.15) is 0 Å². The molecule has 0 bridgehead atoms. The van der Waals surface area contributed by atoms with E-state index in [-0.39, 0.29) is 5.75 Å². The minimum atomic E-state index is 0.153. The van der Waals surface area contributed by atoms with Crippen LogP contribution in [0.15, 0.2) is 18.2 Å². The van der Waals surface area contributed by atoms with Crippen molar-refractivity contribution < 1.29 is 5.11 Å². The lowest BCUT2D eigenvalue weighted by Crippen LogP contribution is -2.45. The minimum absolute atomic E-state index is 0.153. The molecule has 1 aliphatic heterocycles. The van der Waals surface area contributed by atoms with Crippen LogP contribution in [-0.4, -0.2) is 35.2 Å². The van der Waals surface area contributed by atoms with Gasteiger partial charge in [0.2, 0.25) is 0 Å². The summed E-state index contributed by atoms with van der Waals surface area (Å²) in [6.45, 7) is 7.53. The molecule has 0 amide bonds. The SMILES string of the molecule is CC(C)N(Cc1ccc(O)c(Cl)c1)CC1CCCCN1. The van der Waals surface area contributed by atoms with Crippen molar-refractivity contribution in [3.8, 4) is 5.75 Å². The second-order valence-corrected chi connectivity index (χ2v) is 6.36. The number of nitrogens with one attached hydrogen (secondary N) is 1. The molecule has 1 aliphatic rings. The number of rotatable bonds is 5. The van der Waals surface area contributed by atoms with Gasteiger partial charge in [-0.15, -0.1) is 0 Å². The molecule has 0 aliphatic carbocycles. The van der Waals surface area contributed by atoms with Gasteiger partial charge >= 0.3 is 0 Å². The number of hydrogen-bond donors (Lipinski definition) is 2. The van der Waals surface area contributed by atoms with E-state index in [1.807, 2.05) is 12.1 Å². The first kappa shape index (κ1) is 15.6. The predicted octanol–water partition coefficient (Wildman–Crippen LogP) is 3.40. The number of phenols is 1. The molecule has 20 heavy (non-hydrogen) atoms. The molecule has 0 aromatic heterocycles. The van der Waals surface area contributed by atoms with Gasteiger partial charge in [0.1, 0.15) is 5.75 Å². The smallest absolute Gasteiger partial charge is 0.134 e. The summed E-state index contributed by atoms with van der Waals surface area (Å²) in [5, 5.41) is 13.5. The van der Waals surface area contributed by atoms with E-state index in [0.717, 1.165) is 25.2 Å². The minimum Gasteiger partial charge on any atom is -0.506 e. The standard InChI is InChI=1S/C16H25ClN2O/c1-12(2)19(11-14-5-3-4-8-18-14)10-13-6-7-16(20)15(17)9-13/h6-7,9,12,14,18,20H,3-5,8,10-11H2,1-2H3. The maximum absolute atomic E-state index is 9.49.